The normalized spacial score (nSPS) is 11.0. The van der Waals surface area contributed by atoms with Crippen molar-refractivity contribution in [1.82, 2.24) is 19.3 Å². The van der Waals surface area contributed by atoms with Crippen LogP contribution in [0.5, 0.6) is 0 Å². The molecule has 4 rings (SSSR count). The molecule has 0 aliphatic rings. The second-order valence-corrected chi connectivity index (χ2v) is 7.22. The number of carbonyl (C=O) groups excluding carboxylic acids is 1. The van der Waals surface area contributed by atoms with Gasteiger partial charge in [0.15, 0.2) is 5.65 Å². The number of anilines is 1. The first-order valence-electron chi connectivity index (χ1n) is 9.94. The fraction of sp³-hybridized carbons (Fsp3) is 0.217. The Labute approximate surface area is 174 Å². The van der Waals surface area contributed by atoms with Crippen LogP contribution in [-0.4, -0.2) is 25.2 Å². The monoisotopic (exact) mass is 401 g/mol. The minimum Gasteiger partial charge on any atom is -0.326 e. The molecule has 0 fully saturated rings. The number of benzene rings is 2. The highest BCUT2D eigenvalue weighted by atomic mass is 16.2. The summed E-state index contributed by atoms with van der Waals surface area (Å²) in [5.41, 5.74) is 4.24. The maximum absolute atomic E-state index is 12.8. The van der Waals surface area contributed by atoms with Gasteiger partial charge in [-0.1, -0.05) is 36.8 Å². The Morgan fingerprint density at radius 3 is 2.50 bits per heavy atom. The average Bonchev–Trinajstić information content (AvgIpc) is 3.19. The summed E-state index contributed by atoms with van der Waals surface area (Å²) in [7, 11) is 0. The summed E-state index contributed by atoms with van der Waals surface area (Å²) < 4.78 is 3.09. The van der Waals surface area contributed by atoms with Crippen LogP contribution in [0.4, 0.5) is 5.69 Å². The highest BCUT2D eigenvalue weighted by Gasteiger charge is 2.12. The third-order valence-electron chi connectivity index (χ3n) is 5.06. The van der Waals surface area contributed by atoms with E-state index in [0.29, 0.717) is 11.0 Å². The third kappa shape index (κ3) is 4.00. The molecule has 0 saturated carbocycles. The second-order valence-electron chi connectivity index (χ2n) is 7.22. The molecular formula is C23H23N5O2. The summed E-state index contributed by atoms with van der Waals surface area (Å²) in [4.78, 5) is 29.5. The van der Waals surface area contributed by atoms with Crippen molar-refractivity contribution in [2.75, 3.05) is 5.32 Å². The van der Waals surface area contributed by atoms with Crippen molar-refractivity contribution in [3.05, 3.63) is 82.5 Å². The van der Waals surface area contributed by atoms with Crippen molar-refractivity contribution in [2.24, 2.45) is 0 Å². The van der Waals surface area contributed by atoms with E-state index < -0.39 is 0 Å². The Hall–Kier alpha value is -3.74. The van der Waals surface area contributed by atoms with Gasteiger partial charge in [-0.15, -0.1) is 0 Å². The third-order valence-corrected chi connectivity index (χ3v) is 5.06. The molecule has 0 radical (unpaired) electrons. The van der Waals surface area contributed by atoms with E-state index in [2.05, 4.69) is 22.3 Å². The van der Waals surface area contributed by atoms with Gasteiger partial charge in [-0.25, -0.2) is 9.67 Å². The zero-order valence-corrected chi connectivity index (χ0v) is 17.0. The Balaban J connectivity index is 1.48. The summed E-state index contributed by atoms with van der Waals surface area (Å²) in [6, 6.07) is 15.6. The van der Waals surface area contributed by atoms with Crippen LogP contribution >= 0.6 is 0 Å². The van der Waals surface area contributed by atoms with Crippen LogP contribution in [0.3, 0.4) is 0 Å². The molecule has 0 aliphatic carbocycles. The van der Waals surface area contributed by atoms with E-state index in [9.17, 15) is 9.59 Å². The first-order chi connectivity index (χ1) is 14.5. The van der Waals surface area contributed by atoms with Crippen molar-refractivity contribution >= 4 is 22.6 Å². The van der Waals surface area contributed by atoms with Crippen LogP contribution in [0, 0.1) is 6.92 Å². The predicted molar refractivity (Wildman–Crippen MR) is 117 cm³/mol. The van der Waals surface area contributed by atoms with Gasteiger partial charge < -0.3 is 5.32 Å². The molecule has 2 heterocycles. The quantitative estimate of drug-likeness (QED) is 0.536. The van der Waals surface area contributed by atoms with E-state index in [4.69, 9.17) is 0 Å². The molecule has 7 heteroatoms. The molecule has 0 spiro atoms. The zero-order chi connectivity index (χ0) is 21.1. The van der Waals surface area contributed by atoms with Crippen molar-refractivity contribution in [1.29, 1.82) is 0 Å². The second kappa shape index (κ2) is 8.32. The summed E-state index contributed by atoms with van der Waals surface area (Å²) in [5.74, 6) is -0.151. The van der Waals surface area contributed by atoms with Crippen molar-refractivity contribution in [3.63, 3.8) is 0 Å². The minimum atomic E-state index is -0.210. The van der Waals surface area contributed by atoms with Crippen LogP contribution in [0.1, 0.15) is 24.5 Å². The fourth-order valence-corrected chi connectivity index (χ4v) is 3.25. The summed E-state index contributed by atoms with van der Waals surface area (Å²) in [6.45, 7) is 4.34. The fourth-order valence-electron chi connectivity index (χ4n) is 3.25. The van der Waals surface area contributed by atoms with E-state index in [1.807, 2.05) is 55.5 Å². The molecule has 0 bridgehead atoms. The van der Waals surface area contributed by atoms with E-state index >= 15 is 0 Å². The molecule has 0 unspecified atom stereocenters. The smallest absolute Gasteiger partial charge is 0.264 e. The van der Waals surface area contributed by atoms with E-state index in [1.165, 1.54) is 22.7 Å². The van der Waals surface area contributed by atoms with Crippen LogP contribution < -0.4 is 10.9 Å². The van der Waals surface area contributed by atoms with Gasteiger partial charge in [-0.2, -0.15) is 5.10 Å². The SMILES string of the molecule is CCc1ccc(NC(=O)CCn2cnc3c(cnn3-c3ccc(C)cc3)c2=O)cc1. The van der Waals surface area contributed by atoms with Crippen molar-refractivity contribution in [3.8, 4) is 5.69 Å². The number of hydrogen-bond donors (Lipinski definition) is 1. The van der Waals surface area contributed by atoms with Crippen LogP contribution in [0.2, 0.25) is 0 Å². The Morgan fingerprint density at radius 2 is 1.80 bits per heavy atom. The lowest BCUT2D eigenvalue weighted by Crippen LogP contribution is -2.23. The van der Waals surface area contributed by atoms with Gasteiger partial charge in [0.2, 0.25) is 5.91 Å². The molecule has 2 aromatic carbocycles. The Bertz CT molecular complexity index is 1240. The largest absolute Gasteiger partial charge is 0.326 e. The van der Waals surface area contributed by atoms with Gasteiger partial charge in [0.1, 0.15) is 5.39 Å². The lowest BCUT2D eigenvalue weighted by atomic mass is 10.1. The number of fused-ring (bicyclic) bond motifs is 1. The number of nitrogens with zero attached hydrogens (tertiary/aromatic N) is 4. The summed E-state index contributed by atoms with van der Waals surface area (Å²) in [5, 5.41) is 7.61. The standard InChI is InChI=1S/C23H23N5O2/c1-3-17-6-8-18(9-7-17)26-21(29)12-13-27-15-24-22-20(23(27)30)14-25-28(22)19-10-4-16(2)5-11-19/h4-11,14-15H,3,12-13H2,1-2H3,(H,26,29). The van der Waals surface area contributed by atoms with Gasteiger partial charge in [0.25, 0.3) is 5.56 Å². The molecule has 4 aromatic rings. The number of rotatable bonds is 6. The molecular weight excluding hydrogens is 378 g/mol. The Kier molecular flexibility index (Phi) is 5.43. The van der Waals surface area contributed by atoms with Gasteiger partial charge in [-0.05, 0) is 43.2 Å². The van der Waals surface area contributed by atoms with Crippen molar-refractivity contribution < 1.29 is 4.79 Å². The molecule has 1 amide bonds. The number of nitrogens with one attached hydrogen (secondary N) is 1. The van der Waals surface area contributed by atoms with Crippen LogP contribution in [0.25, 0.3) is 16.7 Å². The molecule has 7 nitrogen and oxygen atoms in total. The topological polar surface area (TPSA) is 81.8 Å². The lowest BCUT2D eigenvalue weighted by Gasteiger charge is -2.08. The van der Waals surface area contributed by atoms with E-state index in [1.54, 1.807) is 4.68 Å². The molecule has 30 heavy (non-hydrogen) atoms. The predicted octanol–water partition coefficient (Wildman–Crippen LogP) is 3.48. The zero-order valence-electron chi connectivity index (χ0n) is 17.0. The summed E-state index contributed by atoms with van der Waals surface area (Å²) in [6.07, 6.45) is 4.12. The van der Waals surface area contributed by atoms with Crippen LogP contribution in [0.15, 0.2) is 65.8 Å². The highest BCUT2D eigenvalue weighted by molar-refractivity contribution is 5.90. The highest BCUT2D eigenvalue weighted by Crippen LogP contribution is 2.14. The van der Waals surface area contributed by atoms with E-state index in [-0.39, 0.29) is 24.4 Å². The first kappa shape index (κ1) is 19.6. The number of hydrogen-bond acceptors (Lipinski definition) is 4. The van der Waals surface area contributed by atoms with Gasteiger partial charge in [0, 0.05) is 18.7 Å². The van der Waals surface area contributed by atoms with Gasteiger partial charge >= 0.3 is 0 Å². The van der Waals surface area contributed by atoms with Crippen molar-refractivity contribution in [2.45, 2.75) is 33.2 Å². The molecule has 2 aromatic heterocycles. The molecule has 1 N–H and O–H groups in total. The maximum atomic E-state index is 12.8. The van der Waals surface area contributed by atoms with E-state index in [0.717, 1.165) is 23.4 Å². The average molecular weight is 401 g/mol. The van der Waals surface area contributed by atoms with Crippen LogP contribution in [-0.2, 0) is 17.8 Å². The number of carbonyl (C=O) groups is 1. The van der Waals surface area contributed by atoms with Gasteiger partial charge in [0.05, 0.1) is 18.2 Å². The molecule has 0 saturated heterocycles. The number of aromatic nitrogens is 4. The minimum absolute atomic E-state index is 0.151. The number of amides is 1. The Morgan fingerprint density at radius 1 is 1.07 bits per heavy atom. The molecule has 152 valence electrons. The first-order valence-corrected chi connectivity index (χ1v) is 9.94. The lowest BCUT2D eigenvalue weighted by molar-refractivity contribution is -0.116. The summed E-state index contributed by atoms with van der Waals surface area (Å²) >= 11 is 0. The maximum Gasteiger partial charge on any atom is 0.264 e. The molecule has 0 atom stereocenters. The molecule has 0 aliphatic heterocycles. The van der Waals surface area contributed by atoms with Gasteiger partial charge in [-0.3, -0.25) is 14.2 Å². The number of aryl methyl sites for hydroxylation is 3.